The molecule has 1 aliphatic heterocycles. The van der Waals surface area contributed by atoms with Crippen molar-refractivity contribution in [3.05, 3.63) is 72.9 Å². The van der Waals surface area contributed by atoms with E-state index in [0.29, 0.717) is 12.8 Å². The highest BCUT2D eigenvalue weighted by molar-refractivity contribution is 5.76. The number of aliphatic hydroxyl groups is 5. The van der Waals surface area contributed by atoms with Crippen LogP contribution in [0.3, 0.4) is 0 Å². The first kappa shape index (κ1) is 63.6. The van der Waals surface area contributed by atoms with Crippen molar-refractivity contribution in [2.75, 3.05) is 13.2 Å². The highest BCUT2D eigenvalue weighted by atomic mass is 16.7. The summed E-state index contributed by atoms with van der Waals surface area (Å²) < 4.78 is 11.2. The monoisotopic (exact) mass is 956 g/mol. The highest BCUT2D eigenvalue weighted by Crippen LogP contribution is 2.23. The third kappa shape index (κ3) is 37.5. The van der Waals surface area contributed by atoms with Gasteiger partial charge in [-0.15, -0.1) is 0 Å². The van der Waals surface area contributed by atoms with Crippen LogP contribution < -0.4 is 5.32 Å². The van der Waals surface area contributed by atoms with Gasteiger partial charge in [0.1, 0.15) is 24.4 Å². The second-order valence-corrected chi connectivity index (χ2v) is 19.3. The van der Waals surface area contributed by atoms with E-state index in [9.17, 15) is 30.3 Å². The number of aliphatic hydroxyl groups excluding tert-OH is 5. The largest absolute Gasteiger partial charge is 0.394 e. The smallest absolute Gasteiger partial charge is 0.220 e. The van der Waals surface area contributed by atoms with E-state index in [0.717, 1.165) is 64.2 Å². The maximum Gasteiger partial charge on any atom is 0.220 e. The Balaban J connectivity index is 2.21. The van der Waals surface area contributed by atoms with Crippen molar-refractivity contribution in [1.82, 2.24) is 5.32 Å². The van der Waals surface area contributed by atoms with Crippen molar-refractivity contribution in [3.8, 4) is 0 Å². The first-order chi connectivity index (χ1) is 33.3. The Morgan fingerprint density at radius 1 is 0.515 bits per heavy atom. The van der Waals surface area contributed by atoms with Crippen LogP contribution in [0.5, 0.6) is 0 Å². The first-order valence-corrected chi connectivity index (χ1v) is 28.2. The lowest BCUT2D eigenvalue weighted by Crippen LogP contribution is -2.60. The summed E-state index contributed by atoms with van der Waals surface area (Å²) in [6.45, 7) is 3.62. The average molecular weight is 956 g/mol. The molecule has 0 aromatic heterocycles. The maximum atomic E-state index is 13.0. The van der Waals surface area contributed by atoms with E-state index in [1.54, 1.807) is 6.08 Å². The van der Waals surface area contributed by atoms with E-state index in [1.165, 1.54) is 148 Å². The second kappa shape index (κ2) is 48.3. The van der Waals surface area contributed by atoms with Gasteiger partial charge in [-0.25, -0.2) is 0 Å². The number of amides is 1. The lowest BCUT2D eigenvalue weighted by atomic mass is 9.99. The molecule has 0 bridgehead atoms. The molecule has 9 nitrogen and oxygen atoms in total. The maximum absolute atomic E-state index is 13.0. The van der Waals surface area contributed by atoms with Gasteiger partial charge < -0.3 is 40.3 Å². The zero-order chi connectivity index (χ0) is 49.4. The molecule has 1 amide bonds. The molecule has 9 heteroatoms. The minimum atomic E-state index is -1.58. The summed E-state index contributed by atoms with van der Waals surface area (Å²) in [5, 5.41) is 54.3. The van der Waals surface area contributed by atoms with Crippen LogP contribution in [0, 0.1) is 0 Å². The van der Waals surface area contributed by atoms with Crippen LogP contribution in [0.2, 0.25) is 0 Å². The summed E-state index contributed by atoms with van der Waals surface area (Å²) >= 11 is 0. The Hall–Kier alpha value is -2.37. The molecule has 1 rings (SSSR count). The van der Waals surface area contributed by atoms with Gasteiger partial charge in [0, 0.05) is 6.42 Å². The minimum absolute atomic E-state index is 0.221. The number of hydrogen-bond acceptors (Lipinski definition) is 8. The van der Waals surface area contributed by atoms with E-state index < -0.39 is 49.5 Å². The number of allylic oxidation sites excluding steroid dienone is 11. The molecule has 0 aromatic carbocycles. The Bertz CT molecular complexity index is 1290. The van der Waals surface area contributed by atoms with Gasteiger partial charge in [-0.2, -0.15) is 0 Å². The fourth-order valence-electron chi connectivity index (χ4n) is 8.56. The molecule has 0 radical (unpaired) electrons. The van der Waals surface area contributed by atoms with Crippen LogP contribution in [0.15, 0.2) is 72.9 Å². The van der Waals surface area contributed by atoms with Crippen molar-refractivity contribution in [1.29, 1.82) is 0 Å². The summed E-state index contributed by atoms with van der Waals surface area (Å²) in [6, 6.07) is -0.847. The molecule has 7 atom stereocenters. The Morgan fingerprint density at radius 3 is 1.41 bits per heavy atom. The van der Waals surface area contributed by atoms with Crippen molar-refractivity contribution in [2.24, 2.45) is 0 Å². The van der Waals surface area contributed by atoms with Gasteiger partial charge >= 0.3 is 0 Å². The van der Waals surface area contributed by atoms with Crippen molar-refractivity contribution < 1.29 is 39.8 Å². The SMILES string of the molecule is CC/C=C\C/C=C\C/C=C\CCCCCC(=O)NC(COC1OC(CO)C(O)C(O)C1O)C(O)/C=C/CC/C=C/CC/C=C/CCCCCCCCCCCCCCCCCCCCCCCC. The normalized spacial score (nSPS) is 20.1. The predicted octanol–water partition coefficient (Wildman–Crippen LogP) is 13.7. The minimum Gasteiger partial charge on any atom is -0.394 e. The van der Waals surface area contributed by atoms with Gasteiger partial charge in [-0.3, -0.25) is 4.79 Å². The summed E-state index contributed by atoms with van der Waals surface area (Å²) in [6.07, 6.45) is 60.0. The fraction of sp³-hybridized carbons (Fsp3) is 0.780. The van der Waals surface area contributed by atoms with Crippen LogP contribution in [-0.4, -0.2) is 87.5 Å². The van der Waals surface area contributed by atoms with Crippen molar-refractivity contribution in [2.45, 2.75) is 281 Å². The molecule has 1 saturated heterocycles. The molecule has 0 saturated carbocycles. The second-order valence-electron chi connectivity index (χ2n) is 19.3. The topological polar surface area (TPSA) is 149 Å². The lowest BCUT2D eigenvalue weighted by Gasteiger charge is -2.40. The van der Waals surface area contributed by atoms with Gasteiger partial charge in [-0.1, -0.05) is 228 Å². The Kier molecular flexibility index (Phi) is 45.2. The lowest BCUT2D eigenvalue weighted by molar-refractivity contribution is -0.302. The fourth-order valence-corrected chi connectivity index (χ4v) is 8.56. The summed E-state index contributed by atoms with van der Waals surface area (Å²) in [5.41, 5.74) is 0. The number of unbranched alkanes of at least 4 members (excludes halogenated alkanes) is 27. The molecule has 1 aliphatic rings. The zero-order valence-corrected chi connectivity index (χ0v) is 43.6. The van der Waals surface area contributed by atoms with Crippen LogP contribution in [0.25, 0.3) is 0 Å². The molecule has 0 spiro atoms. The number of carbonyl (C=O) groups is 1. The number of rotatable bonds is 47. The van der Waals surface area contributed by atoms with Gasteiger partial charge in [0.05, 0.1) is 25.4 Å². The molecule has 0 aliphatic carbocycles. The van der Waals surface area contributed by atoms with Crippen LogP contribution in [0.4, 0.5) is 0 Å². The van der Waals surface area contributed by atoms with Gasteiger partial charge in [-0.05, 0) is 77.0 Å². The molecular weight excluding hydrogens is 851 g/mol. The quantitative estimate of drug-likeness (QED) is 0.0261. The molecule has 6 N–H and O–H groups in total. The third-order valence-electron chi connectivity index (χ3n) is 13.0. The van der Waals surface area contributed by atoms with Crippen molar-refractivity contribution >= 4 is 5.91 Å². The molecule has 0 aromatic rings. The van der Waals surface area contributed by atoms with Gasteiger partial charge in [0.15, 0.2) is 6.29 Å². The van der Waals surface area contributed by atoms with E-state index in [4.69, 9.17) is 9.47 Å². The summed E-state index contributed by atoms with van der Waals surface area (Å²) in [5.74, 6) is -0.222. The van der Waals surface area contributed by atoms with Crippen LogP contribution >= 0.6 is 0 Å². The molecule has 1 heterocycles. The van der Waals surface area contributed by atoms with Crippen molar-refractivity contribution in [3.63, 3.8) is 0 Å². The number of ether oxygens (including phenoxy) is 2. The number of hydrogen-bond donors (Lipinski definition) is 6. The first-order valence-electron chi connectivity index (χ1n) is 28.2. The Morgan fingerprint density at radius 2 is 0.926 bits per heavy atom. The summed E-state index contributed by atoms with van der Waals surface area (Å²) in [4.78, 5) is 13.0. The Labute approximate surface area is 417 Å². The third-order valence-corrected chi connectivity index (χ3v) is 13.0. The van der Waals surface area contributed by atoms with Gasteiger partial charge in [0.2, 0.25) is 5.91 Å². The van der Waals surface area contributed by atoms with E-state index in [1.807, 2.05) is 6.08 Å². The van der Waals surface area contributed by atoms with E-state index in [-0.39, 0.29) is 12.5 Å². The number of carbonyl (C=O) groups excluding carboxylic acids is 1. The molecule has 68 heavy (non-hydrogen) atoms. The van der Waals surface area contributed by atoms with Crippen LogP contribution in [-0.2, 0) is 14.3 Å². The average Bonchev–Trinajstić information content (AvgIpc) is 3.34. The highest BCUT2D eigenvalue weighted by Gasteiger charge is 2.44. The standard InChI is InChI=1S/C59H105NO8/c1-3-5-7-9-11-13-15-17-18-19-20-21-22-23-24-25-26-27-28-29-30-31-32-33-34-35-37-38-40-42-44-46-48-53(62)52(51-67-59-58(66)57(65)56(64)54(50-61)68-59)60-55(63)49-47-45-43-41-39-36-16-14-12-10-8-6-4-2/h6,8,12,14,33-34,36,38-40,46,48,52-54,56-59,61-62,64-66H,3-5,7,9-11,13,15-32,35,37,41-45,47,49-51H2,1-2H3,(H,60,63)/b8-6-,14-12-,34-33+,39-36-,40-38+,48-46+. The van der Waals surface area contributed by atoms with Crippen LogP contribution in [0.1, 0.15) is 239 Å². The molecule has 1 fully saturated rings. The molecular formula is C59H105NO8. The van der Waals surface area contributed by atoms with Gasteiger partial charge in [0.25, 0.3) is 0 Å². The number of nitrogens with one attached hydrogen (secondary N) is 1. The van der Waals surface area contributed by atoms with E-state index in [2.05, 4.69) is 79.9 Å². The van der Waals surface area contributed by atoms with E-state index >= 15 is 0 Å². The summed E-state index contributed by atoms with van der Waals surface area (Å²) in [7, 11) is 0. The molecule has 7 unspecified atom stereocenters. The molecule has 394 valence electrons. The predicted molar refractivity (Wildman–Crippen MR) is 285 cm³/mol. The zero-order valence-electron chi connectivity index (χ0n) is 43.6.